The Morgan fingerprint density at radius 1 is 1.04 bits per heavy atom. The van der Waals surface area contributed by atoms with Crippen LogP contribution in [0.2, 0.25) is 0 Å². The fourth-order valence-corrected chi connectivity index (χ4v) is 10.0. The Bertz CT molecular complexity index is 822. The Morgan fingerprint density at radius 3 is 2.61 bits per heavy atom. The first-order valence-corrected chi connectivity index (χ1v) is 12.0. The van der Waals surface area contributed by atoms with Crippen molar-refractivity contribution < 1.29 is 14.3 Å². The largest absolute Gasteiger partial charge is 0.458 e. The maximum atomic E-state index is 12.3. The molecule has 28 heavy (non-hydrogen) atoms. The van der Waals surface area contributed by atoms with Gasteiger partial charge in [0.1, 0.15) is 5.60 Å². The van der Waals surface area contributed by atoms with Crippen LogP contribution in [0.1, 0.15) is 77.6 Å². The van der Waals surface area contributed by atoms with E-state index in [1.807, 2.05) is 0 Å². The van der Waals surface area contributed by atoms with Crippen molar-refractivity contribution in [2.75, 3.05) is 0 Å². The van der Waals surface area contributed by atoms with Gasteiger partial charge in [-0.15, -0.1) is 0 Å². The van der Waals surface area contributed by atoms with Gasteiger partial charge in [-0.3, -0.25) is 9.59 Å². The summed E-state index contributed by atoms with van der Waals surface area (Å²) in [7, 11) is 0. The van der Waals surface area contributed by atoms with Crippen molar-refractivity contribution in [1.29, 1.82) is 0 Å². The number of ether oxygens (including phenoxy) is 1. The van der Waals surface area contributed by atoms with Crippen LogP contribution in [-0.4, -0.2) is 17.4 Å². The monoisotopic (exact) mass is 380 g/mol. The van der Waals surface area contributed by atoms with E-state index < -0.39 is 0 Å². The smallest absolute Gasteiger partial charge is 0.306 e. The topological polar surface area (TPSA) is 43.4 Å². The molecule has 7 rings (SSSR count). The molecule has 0 aromatic carbocycles. The molecule has 2 spiro atoms. The van der Waals surface area contributed by atoms with E-state index in [4.69, 9.17) is 4.74 Å². The third kappa shape index (κ3) is 1.72. The maximum Gasteiger partial charge on any atom is 0.306 e. The van der Waals surface area contributed by atoms with Gasteiger partial charge in [0.15, 0.2) is 5.78 Å². The lowest BCUT2D eigenvalue weighted by Crippen LogP contribution is -2.58. The van der Waals surface area contributed by atoms with Gasteiger partial charge in [-0.05, 0) is 98.9 Å². The molecule has 5 unspecified atom stereocenters. The van der Waals surface area contributed by atoms with Gasteiger partial charge in [-0.25, -0.2) is 0 Å². The molecule has 0 radical (unpaired) electrons. The van der Waals surface area contributed by atoms with E-state index in [2.05, 4.69) is 13.0 Å². The summed E-state index contributed by atoms with van der Waals surface area (Å²) in [6, 6.07) is 0. The highest BCUT2D eigenvalue weighted by atomic mass is 16.6. The number of carbonyl (C=O) groups excluding carboxylic acids is 2. The van der Waals surface area contributed by atoms with E-state index >= 15 is 0 Å². The summed E-state index contributed by atoms with van der Waals surface area (Å²) in [6.07, 6.45) is 14.5. The van der Waals surface area contributed by atoms with Gasteiger partial charge >= 0.3 is 5.97 Å². The van der Waals surface area contributed by atoms with Crippen LogP contribution < -0.4 is 0 Å². The second-order valence-corrected chi connectivity index (χ2v) is 11.5. The molecule has 150 valence electrons. The first-order valence-electron chi connectivity index (χ1n) is 12.0. The second kappa shape index (κ2) is 4.95. The Morgan fingerprint density at radius 2 is 1.89 bits per heavy atom. The van der Waals surface area contributed by atoms with Crippen LogP contribution in [0.15, 0.2) is 11.6 Å². The molecule has 0 aromatic heterocycles. The molecule has 0 bridgehead atoms. The number of esters is 1. The van der Waals surface area contributed by atoms with Crippen LogP contribution in [0.5, 0.6) is 0 Å². The first kappa shape index (κ1) is 16.7. The number of hydrogen-bond acceptors (Lipinski definition) is 3. The van der Waals surface area contributed by atoms with Gasteiger partial charge in [-0.2, -0.15) is 0 Å². The molecule has 6 fully saturated rings. The lowest BCUT2D eigenvalue weighted by molar-refractivity contribution is -0.183. The molecule has 1 heterocycles. The zero-order chi connectivity index (χ0) is 18.9. The molecule has 3 nitrogen and oxygen atoms in total. The molecule has 0 amide bonds. The van der Waals surface area contributed by atoms with Gasteiger partial charge in [0.25, 0.3) is 0 Å². The number of carbonyl (C=O) groups is 2. The van der Waals surface area contributed by atoms with E-state index in [0.717, 1.165) is 42.9 Å². The first-order chi connectivity index (χ1) is 13.5. The predicted octanol–water partition coefficient (Wildman–Crippen LogP) is 4.84. The highest BCUT2D eigenvalue weighted by Crippen LogP contribution is 2.83. The van der Waals surface area contributed by atoms with E-state index in [9.17, 15) is 9.59 Å². The zero-order valence-electron chi connectivity index (χ0n) is 17.0. The molecule has 7 aliphatic rings. The SMILES string of the molecule is CC[C@]12CCC3C(C1C1CC1[C@@]21CCC(=O)O1)C1(CC1)CC1=CC(=O)CC[C@@H]13. The lowest BCUT2D eigenvalue weighted by Gasteiger charge is -2.60. The van der Waals surface area contributed by atoms with Crippen molar-refractivity contribution in [3.63, 3.8) is 0 Å². The Hall–Kier alpha value is -1.12. The van der Waals surface area contributed by atoms with Gasteiger partial charge in [0, 0.05) is 24.2 Å². The number of rotatable bonds is 1. The van der Waals surface area contributed by atoms with Crippen molar-refractivity contribution in [3.05, 3.63) is 11.6 Å². The molecule has 1 saturated heterocycles. The minimum absolute atomic E-state index is 0.0713. The average molecular weight is 381 g/mol. The van der Waals surface area contributed by atoms with Crippen LogP contribution in [0.3, 0.4) is 0 Å². The summed E-state index contributed by atoms with van der Waals surface area (Å²) < 4.78 is 6.32. The zero-order valence-corrected chi connectivity index (χ0v) is 17.0. The van der Waals surface area contributed by atoms with Crippen molar-refractivity contribution in [2.45, 2.75) is 83.2 Å². The molecule has 8 atom stereocenters. The van der Waals surface area contributed by atoms with Gasteiger partial charge in [-0.1, -0.05) is 12.5 Å². The van der Waals surface area contributed by atoms with Gasteiger partial charge < -0.3 is 4.74 Å². The van der Waals surface area contributed by atoms with Crippen molar-refractivity contribution >= 4 is 11.8 Å². The molecule has 5 saturated carbocycles. The summed E-state index contributed by atoms with van der Waals surface area (Å²) in [4.78, 5) is 24.4. The minimum Gasteiger partial charge on any atom is -0.458 e. The quantitative estimate of drug-likeness (QED) is 0.611. The fraction of sp³-hybridized carbons (Fsp3) is 0.840. The third-order valence-electron chi connectivity index (χ3n) is 11.0. The number of allylic oxidation sites excluding steroid dienone is 1. The average Bonchev–Trinajstić information content (AvgIpc) is 3.59. The van der Waals surface area contributed by atoms with Gasteiger partial charge in [0.05, 0.1) is 0 Å². The van der Waals surface area contributed by atoms with Crippen LogP contribution in [0.4, 0.5) is 0 Å². The van der Waals surface area contributed by atoms with Crippen LogP contribution in [0.25, 0.3) is 0 Å². The van der Waals surface area contributed by atoms with Crippen LogP contribution in [-0.2, 0) is 14.3 Å². The molecule has 6 aliphatic carbocycles. The molecule has 0 N–H and O–H groups in total. The van der Waals surface area contributed by atoms with E-state index in [1.54, 1.807) is 0 Å². The van der Waals surface area contributed by atoms with Crippen LogP contribution in [0, 0.1) is 46.3 Å². The normalized spacial score (nSPS) is 54.5. The van der Waals surface area contributed by atoms with Crippen molar-refractivity contribution in [1.82, 2.24) is 0 Å². The maximum absolute atomic E-state index is 12.3. The molecule has 3 heteroatoms. The summed E-state index contributed by atoms with van der Waals surface area (Å²) in [5.41, 5.74) is 2.13. The highest BCUT2D eigenvalue weighted by Gasteiger charge is 2.81. The Balaban J connectivity index is 1.35. The lowest BCUT2D eigenvalue weighted by atomic mass is 9.44. The summed E-state index contributed by atoms with van der Waals surface area (Å²) >= 11 is 0. The summed E-state index contributed by atoms with van der Waals surface area (Å²) in [5.74, 6) is 4.97. The third-order valence-corrected chi connectivity index (χ3v) is 11.0. The van der Waals surface area contributed by atoms with Crippen molar-refractivity contribution in [2.24, 2.45) is 46.3 Å². The predicted molar refractivity (Wildman–Crippen MR) is 104 cm³/mol. The van der Waals surface area contributed by atoms with Crippen molar-refractivity contribution in [3.8, 4) is 0 Å². The standard InChI is InChI=1S/C25H32O3/c1-2-24-7-5-17-16-4-3-15(26)11-14(16)13-23(9-10-23)21(17)22(24)18-12-19(18)25(24)8-6-20(27)28-25/h11,16-19,21-22H,2-10,12-13H2,1H3/t16-,17?,18?,19?,21?,22?,24-,25-/m0/s1. The van der Waals surface area contributed by atoms with E-state index in [1.165, 1.54) is 50.5 Å². The minimum atomic E-state index is -0.117. The molecule has 1 aliphatic heterocycles. The number of fused-ring (bicyclic) bond motifs is 10. The number of hydrogen-bond donors (Lipinski definition) is 0. The number of ketones is 1. The summed E-state index contributed by atoms with van der Waals surface area (Å²) in [5, 5.41) is 0. The molecular formula is C25H32O3. The van der Waals surface area contributed by atoms with E-state index in [0.29, 0.717) is 29.5 Å². The molecule has 0 aromatic rings. The highest BCUT2D eigenvalue weighted by molar-refractivity contribution is 5.91. The fourth-order valence-electron chi connectivity index (χ4n) is 10.0. The Kier molecular flexibility index (Phi) is 2.94. The van der Waals surface area contributed by atoms with E-state index in [-0.39, 0.29) is 17.0 Å². The second-order valence-electron chi connectivity index (χ2n) is 11.5. The molecular weight excluding hydrogens is 348 g/mol. The summed E-state index contributed by atoms with van der Waals surface area (Å²) in [6.45, 7) is 2.39. The Labute approximate surface area is 167 Å². The van der Waals surface area contributed by atoms with Gasteiger partial charge in [0.2, 0.25) is 0 Å². The van der Waals surface area contributed by atoms with Crippen LogP contribution >= 0.6 is 0 Å².